The molecule has 0 fully saturated rings. The predicted octanol–water partition coefficient (Wildman–Crippen LogP) is 4.55. The summed E-state index contributed by atoms with van der Waals surface area (Å²) in [5.41, 5.74) is 0.830. The molecule has 0 aliphatic heterocycles. The number of nitrogens with zero attached hydrogens (tertiary/aromatic N) is 1. The maximum atomic E-state index is 12.2. The number of halogens is 2. The molecule has 0 spiro atoms. The zero-order valence-corrected chi connectivity index (χ0v) is 13.7. The van der Waals surface area contributed by atoms with E-state index in [0.717, 1.165) is 0 Å². The molecule has 1 amide bonds. The fourth-order valence-corrected chi connectivity index (χ4v) is 2.35. The second kappa shape index (κ2) is 7.68. The van der Waals surface area contributed by atoms with Crippen molar-refractivity contribution in [2.24, 2.45) is 0 Å². The van der Waals surface area contributed by atoms with Gasteiger partial charge in [-0.1, -0.05) is 35.3 Å². The minimum atomic E-state index is -0.559. The van der Waals surface area contributed by atoms with Gasteiger partial charge in [-0.25, -0.2) is 0 Å². The summed E-state index contributed by atoms with van der Waals surface area (Å²) in [5.74, 6) is 0.0381. The molecular formula is C17H12Cl2N2O2. The Morgan fingerprint density at radius 1 is 1.22 bits per heavy atom. The van der Waals surface area contributed by atoms with E-state index >= 15 is 0 Å². The maximum Gasteiger partial charge on any atom is 0.266 e. The zero-order valence-electron chi connectivity index (χ0n) is 12.1. The molecule has 0 radical (unpaired) electrons. The summed E-state index contributed by atoms with van der Waals surface area (Å²) in [6.07, 6.45) is 1.36. The standard InChI is InChI=1S/C17H12Cl2N2O2/c1-23-13-5-2-4-12(9-13)21-17(22)11(10-20)8-14-15(18)6-3-7-16(14)19/h2-9H,1H3,(H,21,22)/b11-8-. The number of rotatable bonds is 4. The number of nitriles is 1. The number of hydrogen-bond donors (Lipinski definition) is 1. The highest BCUT2D eigenvalue weighted by molar-refractivity contribution is 6.37. The lowest BCUT2D eigenvalue weighted by atomic mass is 10.1. The topological polar surface area (TPSA) is 62.1 Å². The monoisotopic (exact) mass is 346 g/mol. The van der Waals surface area contributed by atoms with Gasteiger partial charge in [0.15, 0.2) is 0 Å². The molecule has 0 aliphatic rings. The molecule has 0 saturated heterocycles. The highest BCUT2D eigenvalue weighted by Gasteiger charge is 2.12. The highest BCUT2D eigenvalue weighted by atomic mass is 35.5. The van der Waals surface area contributed by atoms with Gasteiger partial charge in [0.2, 0.25) is 0 Å². The van der Waals surface area contributed by atoms with Crippen molar-refractivity contribution in [1.29, 1.82) is 5.26 Å². The quantitative estimate of drug-likeness (QED) is 0.652. The molecule has 2 rings (SSSR count). The second-order valence-electron chi connectivity index (χ2n) is 4.49. The van der Waals surface area contributed by atoms with Gasteiger partial charge in [-0.15, -0.1) is 0 Å². The van der Waals surface area contributed by atoms with Crippen LogP contribution in [-0.4, -0.2) is 13.0 Å². The van der Waals surface area contributed by atoms with Crippen molar-refractivity contribution in [2.75, 3.05) is 12.4 Å². The Hall–Kier alpha value is -2.48. The molecule has 4 nitrogen and oxygen atoms in total. The van der Waals surface area contributed by atoms with Gasteiger partial charge in [-0.3, -0.25) is 4.79 Å². The van der Waals surface area contributed by atoms with Crippen LogP contribution in [0.15, 0.2) is 48.0 Å². The summed E-state index contributed by atoms with van der Waals surface area (Å²) in [6.45, 7) is 0. The number of carbonyl (C=O) groups is 1. The van der Waals surface area contributed by atoms with E-state index in [1.54, 1.807) is 42.5 Å². The molecule has 23 heavy (non-hydrogen) atoms. The van der Waals surface area contributed by atoms with Crippen molar-refractivity contribution in [2.45, 2.75) is 0 Å². The number of benzene rings is 2. The van der Waals surface area contributed by atoms with Crippen LogP contribution in [0.3, 0.4) is 0 Å². The second-order valence-corrected chi connectivity index (χ2v) is 5.31. The number of methoxy groups -OCH3 is 1. The fraction of sp³-hybridized carbons (Fsp3) is 0.0588. The Bertz CT molecular complexity index is 790. The van der Waals surface area contributed by atoms with Crippen LogP contribution in [0.5, 0.6) is 5.75 Å². The molecule has 6 heteroatoms. The Kier molecular flexibility index (Phi) is 5.64. The molecule has 0 unspecified atom stereocenters. The van der Waals surface area contributed by atoms with E-state index in [2.05, 4.69) is 5.32 Å². The van der Waals surface area contributed by atoms with Gasteiger partial charge in [0.25, 0.3) is 5.91 Å². The van der Waals surface area contributed by atoms with Crippen molar-refractivity contribution in [3.8, 4) is 11.8 Å². The molecule has 0 saturated carbocycles. The van der Waals surface area contributed by atoms with Crippen LogP contribution in [0.4, 0.5) is 5.69 Å². The van der Waals surface area contributed by atoms with Gasteiger partial charge in [0, 0.05) is 27.4 Å². The summed E-state index contributed by atoms with van der Waals surface area (Å²) in [5, 5.41) is 12.6. The van der Waals surface area contributed by atoms with Crippen LogP contribution in [0.1, 0.15) is 5.56 Å². The van der Waals surface area contributed by atoms with Crippen LogP contribution in [0, 0.1) is 11.3 Å². The minimum Gasteiger partial charge on any atom is -0.497 e. The van der Waals surface area contributed by atoms with Crippen molar-refractivity contribution in [3.05, 3.63) is 63.6 Å². The first kappa shape index (κ1) is 16.9. The van der Waals surface area contributed by atoms with Crippen LogP contribution in [-0.2, 0) is 4.79 Å². The van der Waals surface area contributed by atoms with Gasteiger partial charge < -0.3 is 10.1 Å². The largest absolute Gasteiger partial charge is 0.497 e. The summed E-state index contributed by atoms with van der Waals surface area (Å²) in [4.78, 5) is 12.2. The molecule has 0 heterocycles. The summed E-state index contributed by atoms with van der Waals surface area (Å²) >= 11 is 12.1. The molecule has 0 aromatic heterocycles. The van der Waals surface area contributed by atoms with Crippen molar-refractivity contribution in [3.63, 3.8) is 0 Å². The van der Waals surface area contributed by atoms with Crippen molar-refractivity contribution in [1.82, 2.24) is 0 Å². The lowest BCUT2D eigenvalue weighted by Gasteiger charge is -2.07. The van der Waals surface area contributed by atoms with Gasteiger partial charge >= 0.3 is 0 Å². The van der Waals surface area contributed by atoms with Crippen LogP contribution < -0.4 is 10.1 Å². The number of anilines is 1. The SMILES string of the molecule is COc1cccc(NC(=O)/C(C#N)=C\c2c(Cl)cccc2Cl)c1. The molecule has 0 atom stereocenters. The van der Waals surface area contributed by atoms with E-state index in [1.165, 1.54) is 13.2 Å². The lowest BCUT2D eigenvalue weighted by molar-refractivity contribution is -0.112. The molecule has 2 aromatic carbocycles. The predicted molar refractivity (Wildman–Crippen MR) is 91.7 cm³/mol. The van der Waals surface area contributed by atoms with Crippen LogP contribution >= 0.6 is 23.2 Å². The molecule has 116 valence electrons. The van der Waals surface area contributed by atoms with E-state index in [4.69, 9.17) is 27.9 Å². The van der Waals surface area contributed by atoms with E-state index < -0.39 is 5.91 Å². The Balaban J connectivity index is 2.28. The van der Waals surface area contributed by atoms with Crippen molar-refractivity contribution >= 4 is 40.9 Å². The first-order valence-corrected chi connectivity index (χ1v) is 7.32. The van der Waals surface area contributed by atoms with Gasteiger partial charge in [-0.2, -0.15) is 5.26 Å². The Labute approximate surface area is 143 Å². The molecule has 1 N–H and O–H groups in total. The Morgan fingerprint density at radius 2 is 1.87 bits per heavy atom. The molecular weight excluding hydrogens is 335 g/mol. The average Bonchev–Trinajstić information content (AvgIpc) is 2.54. The normalized spacial score (nSPS) is 10.8. The smallest absolute Gasteiger partial charge is 0.266 e. The third-order valence-corrected chi connectivity index (χ3v) is 3.64. The summed E-state index contributed by atoms with van der Waals surface area (Å²) in [7, 11) is 1.53. The third-order valence-electron chi connectivity index (χ3n) is 2.98. The highest BCUT2D eigenvalue weighted by Crippen LogP contribution is 2.27. The summed E-state index contributed by atoms with van der Waals surface area (Å²) < 4.78 is 5.08. The minimum absolute atomic E-state index is 0.109. The Morgan fingerprint density at radius 3 is 2.48 bits per heavy atom. The number of hydrogen-bond acceptors (Lipinski definition) is 3. The van der Waals surface area contributed by atoms with Crippen LogP contribution in [0.2, 0.25) is 10.0 Å². The van der Waals surface area contributed by atoms with Crippen molar-refractivity contribution < 1.29 is 9.53 Å². The van der Waals surface area contributed by atoms with Crippen LogP contribution in [0.25, 0.3) is 6.08 Å². The number of ether oxygens (including phenoxy) is 1. The van der Waals surface area contributed by atoms with E-state index in [0.29, 0.717) is 27.0 Å². The first-order valence-electron chi connectivity index (χ1n) is 6.56. The average molecular weight is 347 g/mol. The third kappa shape index (κ3) is 4.26. The first-order chi connectivity index (χ1) is 11.0. The van der Waals surface area contributed by atoms with Gasteiger partial charge in [0.1, 0.15) is 17.4 Å². The zero-order chi connectivity index (χ0) is 16.8. The molecule has 0 aliphatic carbocycles. The van der Waals surface area contributed by atoms with E-state index in [1.807, 2.05) is 6.07 Å². The fourth-order valence-electron chi connectivity index (χ4n) is 1.84. The van der Waals surface area contributed by atoms with Gasteiger partial charge in [0.05, 0.1) is 7.11 Å². The summed E-state index contributed by atoms with van der Waals surface area (Å²) in [6, 6.07) is 13.6. The van der Waals surface area contributed by atoms with E-state index in [-0.39, 0.29) is 5.57 Å². The number of amides is 1. The molecule has 2 aromatic rings. The number of carbonyl (C=O) groups excluding carboxylic acids is 1. The van der Waals surface area contributed by atoms with Gasteiger partial charge in [-0.05, 0) is 30.3 Å². The lowest BCUT2D eigenvalue weighted by Crippen LogP contribution is -2.13. The maximum absolute atomic E-state index is 12.2. The van der Waals surface area contributed by atoms with E-state index in [9.17, 15) is 10.1 Å². The molecule has 0 bridgehead atoms. The number of nitrogens with one attached hydrogen (secondary N) is 1.